The molecule has 1 unspecified atom stereocenters. The van der Waals surface area contributed by atoms with E-state index in [4.69, 9.17) is 4.52 Å². The molecule has 2 aliphatic heterocycles. The van der Waals surface area contributed by atoms with Crippen LogP contribution in [0.4, 0.5) is 0 Å². The molecular formula is C15H23N3O2S. The van der Waals surface area contributed by atoms with Crippen LogP contribution in [0.2, 0.25) is 0 Å². The minimum atomic E-state index is 0.175. The number of aryl methyl sites for hydroxylation is 2. The predicted molar refractivity (Wildman–Crippen MR) is 83.3 cm³/mol. The third-order valence-electron chi connectivity index (χ3n) is 4.51. The highest BCUT2D eigenvalue weighted by Crippen LogP contribution is 2.24. The van der Waals surface area contributed by atoms with Crippen LogP contribution in [0.15, 0.2) is 4.52 Å². The Hall–Kier alpha value is -1.01. The van der Waals surface area contributed by atoms with Crippen LogP contribution in [0.1, 0.15) is 23.4 Å². The molecule has 116 valence electrons. The zero-order valence-corrected chi connectivity index (χ0v) is 13.6. The second-order valence-electron chi connectivity index (χ2n) is 5.96. The molecule has 1 amide bonds. The average molecular weight is 309 g/mol. The average Bonchev–Trinajstić information content (AvgIpc) is 3.10. The Labute approximate surface area is 130 Å². The largest absolute Gasteiger partial charge is 0.361 e. The van der Waals surface area contributed by atoms with Gasteiger partial charge in [-0.15, -0.1) is 0 Å². The molecule has 0 radical (unpaired) electrons. The maximum absolute atomic E-state index is 12.5. The van der Waals surface area contributed by atoms with Crippen LogP contribution in [0, 0.1) is 19.8 Å². The Morgan fingerprint density at radius 3 is 2.76 bits per heavy atom. The summed E-state index contributed by atoms with van der Waals surface area (Å²) in [6.07, 6.45) is 0.978. The fraction of sp³-hybridized carbons (Fsp3) is 0.733. The van der Waals surface area contributed by atoms with Crippen molar-refractivity contribution in [3.05, 3.63) is 17.0 Å². The molecule has 5 nitrogen and oxygen atoms in total. The number of hydrogen-bond donors (Lipinski definition) is 0. The van der Waals surface area contributed by atoms with Crippen LogP contribution in [0.3, 0.4) is 0 Å². The highest BCUT2D eigenvalue weighted by atomic mass is 32.2. The van der Waals surface area contributed by atoms with E-state index >= 15 is 0 Å². The number of aromatic nitrogens is 1. The highest BCUT2D eigenvalue weighted by Gasteiger charge is 2.32. The normalized spacial score (nSPS) is 23.7. The van der Waals surface area contributed by atoms with E-state index < -0.39 is 0 Å². The van der Waals surface area contributed by atoms with Crippen LogP contribution in [0.5, 0.6) is 0 Å². The van der Waals surface area contributed by atoms with E-state index in [9.17, 15) is 4.79 Å². The van der Waals surface area contributed by atoms with Crippen molar-refractivity contribution >= 4 is 17.7 Å². The minimum Gasteiger partial charge on any atom is -0.361 e. The van der Waals surface area contributed by atoms with Crippen molar-refractivity contribution < 1.29 is 9.32 Å². The zero-order valence-electron chi connectivity index (χ0n) is 12.8. The van der Waals surface area contributed by atoms with Crippen molar-refractivity contribution in [1.82, 2.24) is 15.0 Å². The second-order valence-corrected chi connectivity index (χ2v) is 7.19. The van der Waals surface area contributed by atoms with Crippen LogP contribution < -0.4 is 0 Å². The molecule has 2 fully saturated rings. The van der Waals surface area contributed by atoms with Crippen molar-refractivity contribution in [2.75, 3.05) is 37.7 Å². The third kappa shape index (κ3) is 3.26. The fourth-order valence-electron chi connectivity index (χ4n) is 3.17. The standard InChI is InChI=1S/C15H23N3O2S/c1-11-14(12(2)20-16-11)10-17-4-3-13(9-17)15(19)18-5-7-21-8-6-18/h13H,3-10H2,1-2H3. The number of hydrogen-bond acceptors (Lipinski definition) is 5. The summed E-state index contributed by atoms with van der Waals surface area (Å²) < 4.78 is 5.22. The van der Waals surface area contributed by atoms with Gasteiger partial charge in [0.25, 0.3) is 0 Å². The van der Waals surface area contributed by atoms with Gasteiger partial charge in [0.2, 0.25) is 5.91 Å². The predicted octanol–water partition coefficient (Wildman–Crippen LogP) is 1.69. The smallest absolute Gasteiger partial charge is 0.227 e. The minimum absolute atomic E-state index is 0.175. The van der Waals surface area contributed by atoms with E-state index in [1.807, 2.05) is 25.6 Å². The number of thioether (sulfide) groups is 1. The topological polar surface area (TPSA) is 49.6 Å². The Kier molecular flexibility index (Phi) is 4.54. The van der Waals surface area contributed by atoms with Crippen molar-refractivity contribution in [1.29, 1.82) is 0 Å². The fourth-order valence-corrected chi connectivity index (χ4v) is 4.07. The number of carbonyl (C=O) groups excluding carboxylic acids is 1. The van der Waals surface area contributed by atoms with Gasteiger partial charge in [-0.25, -0.2) is 0 Å². The van der Waals surface area contributed by atoms with Crippen molar-refractivity contribution in [3.8, 4) is 0 Å². The van der Waals surface area contributed by atoms with E-state index in [1.165, 1.54) is 5.56 Å². The van der Waals surface area contributed by atoms with E-state index in [1.54, 1.807) is 0 Å². The monoisotopic (exact) mass is 309 g/mol. The van der Waals surface area contributed by atoms with Crippen molar-refractivity contribution in [3.63, 3.8) is 0 Å². The van der Waals surface area contributed by atoms with E-state index in [2.05, 4.69) is 15.0 Å². The number of rotatable bonds is 3. The van der Waals surface area contributed by atoms with Gasteiger partial charge in [0.05, 0.1) is 11.6 Å². The Bertz CT molecular complexity index is 492. The first-order valence-electron chi connectivity index (χ1n) is 7.66. The summed E-state index contributed by atoms with van der Waals surface area (Å²) in [6.45, 7) is 8.49. The third-order valence-corrected chi connectivity index (χ3v) is 5.45. The molecule has 0 bridgehead atoms. The van der Waals surface area contributed by atoms with Gasteiger partial charge >= 0.3 is 0 Å². The van der Waals surface area contributed by atoms with Gasteiger partial charge in [-0.1, -0.05) is 5.16 Å². The van der Waals surface area contributed by atoms with Gasteiger partial charge in [0.15, 0.2) is 0 Å². The lowest BCUT2D eigenvalue weighted by Crippen LogP contribution is -2.42. The summed E-state index contributed by atoms with van der Waals surface area (Å²) in [4.78, 5) is 17.0. The van der Waals surface area contributed by atoms with Gasteiger partial charge in [0, 0.05) is 43.2 Å². The molecule has 1 aromatic heterocycles. The first kappa shape index (κ1) is 14.9. The van der Waals surface area contributed by atoms with Crippen molar-refractivity contribution in [2.45, 2.75) is 26.8 Å². The summed E-state index contributed by atoms with van der Waals surface area (Å²) >= 11 is 1.94. The number of amides is 1. The Balaban J connectivity index is 1.56. The lowest BCUT2D eigenvalue weighted by atomic mass is 10.1. The quantitative estimate of drug-likeness (QED) is 0.850. The van der Waals surface area contributed by atoms with Crippen LogP contribution in [-0.4, -0.2) is 58.5 Å². The lowest BCUT2D eigenvalue weighted by molar-refractivity contribution is -0.134. The molecule has 0 aliphatic carbocycles. The van der Waals surface area contributed by atoms with Gasteiger partial charge in [-0.05, 0) is 26.8 Å². The molecule has 2 saturated heterocycles. The molecule has 1 atom stereocenters. The molecule has 0 aromatic carbocycles. The Morgan fingerprint density at radius 1 is 1.33 bits per heavy atom. The molecule has 2 aliphatic rings. The molecule has 0 N–H and O–H groups in total. The van der Waals surface area contributed by atoms with Gasteiger partial charge in [0.1, 0.15) is 5.76 Å². The van der Waals surface area contributed by atoms with Gasteiger partial charge in [-0.3, -0.25) is 9.69 Å². The molecule has 0 spiro atoms. The number of carbonyl (C=O) groups is 1. The highest BCUT2D eigenvalue weighted by molar-refractivity contribution is 7.99. The number of nitrogens with zero attached hydrogens (tertiary/aromatic N) is 3. The SMILES string of the molecule is Cc1noc(C)c1CN1CCC(C(=O)N2CCSCC2)C1. The maximum atomic E-state index is 12.5. The van der Waals surface area contributed by atoms with Gasteiger partial charge < -0.3 is 9.42 Å². The summed E-state index contributed by atoms with van der Waals surface area (Å²) in [5.41, 5.74) is 2.15. The first-order valence-corrected chi connectivity index (χ1v) is 8.81. The molecule has 6 heteroatoms. The van der Waals surface area contributed by atoms with E-state index in [-0.39, 0.29) is 5.92 Å². The van der Waals surface area contributed by atoms with Gasteiger partial charge in [-0.2, -0.15) is 11.8 Å². The zero-order chi connectivity index (χ0) is 14.8. The van der Waals surface area contributed by atoms with Crippen molar-refractivity contribution in [2.24, 2.45) is 5.92 Å². The van der Waals surface area contributed by atoms with Crippen LogP contribution in [0.25, 0.3) is 0 Å². The second kappa shape index (κ2) is 6.40. The molecule has 21 heavy (non-hydrogen) atoms. The van der Waals surface area contributed by atoms with E-state index in [0.29, 0.717) is 5.91 Å². The molecular weight excluding hydrogens is 286 g/mol. The molecule has 3 heterocycles. The van der Waals surface area contributed by atoms with Crippen LogP contribution in [-0.2, 0) is 11.3 Å². The lowest BCUT2D eigenvalue weighted by Gasteiger charge is -2.29. The summed E-state index contributed by atoms with van der Waals surface area (Å²) in [7, 11) is 0. The summed E-state index contributed by atoms with van der Waals surface area (Å²) in [5, 5.41) is 4.01. The molecule has 1 aromatic rings. The number of likely N-dealkylation sites (tertiary alicyclic amines) is 1. The Morgan fingerprint density at radius 2 is 2.10 bits per heavy atom. The van der Waals surface area contributed by atoms with Crippen LogP contribution >= 0.6 is 11.8 Å². The molecule has 0 saturated carbocycles. The molecule has 3 rings (SSSR count). The summed E-state index contributed by atoms with van der Waals surface area (Å²) in [6, 6.07) is 0. The van der Waals surface area contributed by atoms with E-state index in [0.717, 1.165) is 62.1 Å². The first-order chi connectivity index (χ1) is 10.1. The maximum Gasteiger partial charge on any atom is 0.227 e. The summed E-state index contributed by atoms with van der Waals surface area (Å²) in [5.74, 6) is 3.60.